The molecule has 0 amide bonds. The van der Waals surface area contributed by atoms with Gasteiger partial charge in [-0.2, -0.15) is 0 Å². The molecule has 6 heterocycles. The van der Waals surface area contributed by atoms with E-state index in [1.54, 1.807) is 0 Å². The maximum atomic E-state index is 6.08. The molecule has 0 saturated carbocycles. The van der Waals surface area contributed by atoms with Crippen molar-refractivity contribution in [2.75, 3.05) is 0 Å². The molecule has 0 aliphatic carbocycles. The van der Waals surface area contributed by atoms with Crippen LogP contribution in [0.4, 0.5) is 0 Å². The van der Waals surface area contributed by atoms with Gasteiger partial charge in [0, 0.05) is 65.0 Å². The Morgan fingerprint density at radius 1 is 0.180 bits per heavy atom. The van der Waals surface area contributed by atoms with E-state index in [9.17, 15) is 0 Å². The summed E-state index contributed by atoms with van der Waals surface area (Å²) in [6, 6.07) is 113. The first-order chi connectivity index (χ1) is 44.2. The second kappa shape index (κ2) is 19.2. The van der Waals surface area contributed by atoms with Crippen LogP contribution in [0.15, 0.2) is 309 Å². The SMILES string of the molecule is c1ccc(-c2cc(-c3c(-n4c5ccccc5c5ccccc54)c(-n4c5ccccc5c5ccccc54)c(-n4c5ccccc5c5ccccc54)c(-n4c5ccccc5c5ccccc54)c3-n3c4ccccc4c4ccccc43)nc(-c3ccccc3)n2)cc1. The molecule has 0 aliphatic heterocycles. The normalized spacial score (nSPS) is 12.0. The van der Waals surface area contributed by atoms with Crippen molar-refractivity contribution >= 4 is 109 Å². The molecule has 19 aromatic rings. The van der Waals surface area contributed by atoms with Crippen LogP contribution in [-0.4, -0.2) is 32.8 Å². The van der Waals surface area contributed by atoms with Gasteiger partial charge in [-0.25, -0.2) is 9.97 Å². The Hall–Kier alpha value is -12.1. The lowest BCUT2D eigenvalue weighted by atomic mass is 9.96. The molecule has 7 heteroatoms. The summed E-state index contributed by atoms with van der Waals surface area (Å²) in [5.41, 5.74) is 19.9. The van der Waals surface area contributed by atoms with E-state index in [-0.39, 0.29) is 0 Å². The fourth-order valence-corrected chi connectivity index (χ4v) is 14.9. The first-order valence-corrected chi connectivity index (χ1v) is 30.4. The second-order valence-electron chi connectivity index (χ2n) is 23.2. The molecule has 7 nitrogen and oxygen atoms in total. The highest BCUT2D eigenvalue weighted by atomic mass is 15.2. The van der Waals surface area contributed by atoms with Gasteiger partial charge in [0.1, 0.15) is 0 Å². The van der Waals surface area contributed by atoms with Crippen molar-refractivity contribution < 1.29 is 0 Å². The topological polar surface area (TPSA) is 50.4 Å². The molecule has 89 heavy (non-hydrogen) atoms. The molecule has 0 aliphatic rings. The van der Waals surface area contributed by atoms with Gasteiger partial charge in [-0.3, -0.25) is 0 Å². The molecule has 0 saturated heterocycles. The van der Waals surface area contributed by atoms with Gasteiger partial charge in [-0.05, 0) is 66.7 Å². The maximum absolute atomic E-state index is 6.08. The van der Waals surface area contributed by atoms with Gasteiger partial charge in [0.25, 0.3) is 0 Å². The Morgan fingerprint density at radius 2 is 0.382 bits per heavy atom. The van der Waals surface area contributed by atoms with E-state index in [1.165, 1.54) is 0 Å². The summed E-state index contributed by atoms with van der Waals surface area (Å²) in [6.45, 7) is 0. The van der Waals surface area contributed by atoms with Crippen LogP contribution in [0.3, 0.4) is 0 Å². The van der Waals surface area contributed by atoms with Crippen molar-refractivity contribution in [3.8, 4) is 62.3 Å². The van der Waals surface area contributed by atoms with Gasteiger partial charge in [-0.15, -0.1) is 0 Å². The number of hydrogen-bond acceptors (Lipinski definition) is 2. The van der Waals surface area contributed by atoms with Gasteiger partial charge >= 0.3 is 0 Å². The van der Waals surface area contributed by atoms with E-state index in [0.717, 1.165) is 166 Å². The summed E-state index contributed by atoms with van der Waals surface area (Å²) >= 11 is 0. The number of benzene rings is 13. The number of hydrogen-bond donors (Lipinski definition) is 0. The Labute approximate surface area is 510 Å². The monoisotopic (exact) mass is 1130 g/mol. The highest BCUT2D eigenvalue weighted by molar-refractivity contribution is 6.19. The van der Waals surface area contributed by atoms with Gasteiger partial charge in [0.15, 0.2) is 5.82 Å². The van der Waals surface area contributed by atoms with Gasteiger partial charge in [0.05, 0.1) is 101 Å². The molecule has 414 valence electrons. The predicted molar refractivity (Wildman–Crippen MR) is 370 cm³/mol. The number of fused-ring (bicyclic) bond motifs is 15. The molecule has 0 bridgehead atoms. The first-order valence-electron chi connectivity index (χ1n) is 30.4. The molecule has 19 rings (SSSR count). The van der Waals surface area contributed by atoms with Crippen LogP contribution in [0.5, 0.6) is 0 Å². The molecule has 6 aromatic heterocycles. The highest BCUT2D eigenvalue weighted by Gasteiger charge is 2.37. The summed E-state index contributed by atoms with van der Waals surface area (Å²) in [4.78, 5) is 11.7. The average molecular weight is 1130 g/mol. The van der Waals surface area contributed by atoms with Crippen LogP contribution < -0.4 is 0 Å². The van der Waals surface area contributed by atoms with Crippen LogP contribution >= 0.6 is 0 Å². The standard InChI is InChI=1S/C82H51N7/c1-3-27-52(28-4-1)64-51-65(84-82(83-64)53-29-5-2-6-30-53)76-77(85-66-41-17-7-31-54(66)55-32-8-18-42-67(55)85)79(87-70-45-21-11-35-58(70)59-36-12-22-46-71(59)87)81(89-74-49-25-15-39-62(74)63-40-16-26-50-75(63)89)80(88-72-47-23-13-37-60(72)61-38-14-24-48-73(61)88)78(76)86-68-43-19-9-33-56(68)57-34-10-20-44-69(57)86/h1-51H. The van der Waals surface area contributed by atoms with Crippen molar-refractivity contribution in [1.82, 2.24) is 32.8 Å². The zero-order valence-corrected chi connectivity index (χ0v) is 48.1. The Balaban J connectivity index is 1.22. The van der Waals surface area contributed by atoms with Crippen molar-refractivity contribution in [1.29, 1.82) is 0 Å². The van der Waals surface area contributed by atoms with Crippen molar-refractivity contribution in [2.45, 2.75) is 0 Å². The minimum Gasteiger partial charge on any atom is -0.306 e. The Bertz CT molecular complexity index is 5540. The summed E-state index contributed by atoms with van der Waals surface area (Å²) in [5.74, 6) is 0.617. The molecule has 0 unspecified atom stereocenters. The Morgan fingerprint density at radius 3 is 0.652 bits per heavy atom. The predicted octanol–water partition coefficient (Wildman–Crippen LogP) is 21.0. The molecule has 0 N–H and O–H groups in total. The zero-order valence-electron chi connectivity index (χ0n) is 48.1. The molecule has 0 radical (unpaired) electrons. The third-order valence-electron chi connectivity index (χ3n) is 18.5. The minimum atomic E-state index is 0.617. The number of aromatic nitrogens is 7. The lowest BCUT2D eigenvalue weighted by Gasteiger charge is -2.31. The fraction of sp³-hybridized carbons (Fsp3) is 0. The van der Waals surface area contributed by atoms with Crippen LogP contribution in [0.1, 0.15) is 0 Å². The smallest absolute Gasteiger partial charge is 0.160 e. The van der Waals surface area contributed by atoms with Crippen LogP contribution in [0.25, 0.3) is 171 Å². The van der Waals surface area contributed by atoms with Crippen molar-refractivity contribution in [2.24, 2.45) is 0 Å². The largest absolute Gasteiger partial charge is 0.306 e. The number of para-hydroxylation sites is 10. The van der Waals surface area contributed by atoms with Crippen LogP contribution in [0.2, 0.25) is 0 Å². The van der Waals surface area contributed by atoms with Gasteiger partial charge < -0.3 is 22.8 Å². The van der Waals surface area contributed by atoms with E-state index in [1.807, 2.05) is 0 Å². The summed E-state index contributed by atoms with van der Waals surface area (Å²) < 4.78 is 12.9. The van der Waals surface area contributed by atoms with Crippen molar-refractivity contribution in [3.05, 3.63) is 309 Å². The molecule has 13 aromatic carbocycles. The molecule has 0 atom stereocenters. The summed E-state index contributed by atoms with van der Waals surface area (Å²) in [6.07, 6.45) is 0. The quantitative estimate of drug-likeness (QED) is 0.152. The van der Waals surface area contributed by atoms with Crippen LogP contribution in [-0.2, 0) is 0 Å². The first kappa shape index (κ1) is 49.2. The zero-order chi connectivity index (χ0) is 58.3. The van der Waals surface area contributed by atoms with E-state index >= 15 is 0 Å². The molecule has 0 fully saturated rings. The molecular formula is C82H51N7. The number of rotatable bonds is 8. The lowest BCUT2D eigenvalue weighted by molar-refractivity contribution is 0.998. The third-order valence-corrected chi connectivity index (χ3v) is 18.5. The fourth-order valence-electron chi connectivity index (χ4n) is 14.9. The van der Waals surface area contributed by atoms with Crippen LogP contribution in [0, 0.1) is 0 Å². The highest BCUT2D eigenvalue weighted by Crippen LogP contribution is 2.54. The van der Waals surface area contributed by atoms with Crippen molar-refractivity contribution in [3.63, 3.8) is 0 Å². The van der Waals surface area contributed by atoms with Gasteiger partial charge in [0.2, 0.25) is 0 Å². The number of nitrogens with zero attached hydrogens (tertiary/aromatic N) is 7. The second-order valence-corrected chi connectivity index (χ2v) is 23.2. The minimum absolute atomic E-state index is 0.617. The summed E-state index contributed by atoms with van der Waals surface area (Å²) in [5, 5.41) is 11.5. The Kier molecular flexibility index (Phi) is 10.6. The van der Waals surface area contributed by atoms with E-state index in [2.05, 4.69) is 332 Å². The molecule has 0 spiro atoms. The average Bonchev–Trinajstić information content (AvgIpc) is 1.64. The lowest BCUT2D eigenvalue weighted by Crippen LogP contribution is -2.18. The third kappa shape index (κ3) is 7.09. The van der Waals surface area contributed by atoms with E-state index in [0.29, 0.717) is 5.82 Å². The van der Waals surface area contributed by atoms with E-state index < -0.39 is 0 Å². The summed E-state index contributed by atoms with van der Waals surface area (Å²) in [7, 11) is 0. The molecular weight excluding hydrogens is 1080 g/mol. The van der Waals surface area contributed by atoms with Gasteiger partial charge in [-0.1, -0.05) is 243 Å². The maximum Gasteiger partial charge on any atom is 0.160 e. The van der Waals surface area contributed by atoms with E-state index in [4.69, 9.17) is 9.97 Å².